The molecule has 0 spiro atoms. The average Bonchev–Trinajstić information content (AvgIpc) is 2.62. The molecule has 0 radical (unpaired) electrons. The monoisotopic (exact) mass is 369 g/mol. The lowest BCUT2D eigenvalue weighted by Crippen LogP contribution is -2.57. The first-order valence-corrected chi connectivity index (χ1v) is 8.78. The van der Waals surface area contributed by atoms with Crippen molar-refractivity contribution in [3.05, 3.63) is 35.4 Å². The molecule has 142 valence electrons. The van der Waals surface area contributed by atoms with Crippen LogP contribution < -0.4 is 5.32 Å². The zero-order valence-corrected chi connectivity index (χ0v) is 14.4. The topological polar surface area (TPSA) is 52.7 Å². The van der Waals surface area contributed by atoms with Gasteiger partial charge in [0.15, 0.2) is 0 Å². The highest BCUT2D eigenvalue weighted by Crippen LogP contribution is 2.29. The van der Waals surface area contributed by atoms with Crippen molar-refractivity contribution in [1.29, 1.82) is 0 Å². The van der Waals surface area contributed by atoms with Crippen molar-refractivity contribution in [1.82, 2.24) is 15.1 Å². The van der Waals surface area contributed by atoms with Crippen LogP contribution in [0, 0.1) is 0 Å². The summed E-state index contributed by atoms with van der Waals surface area (Å²) in [6.07, 6.45) is -2.85. The summed E-state index contributed by atoms with van der Waals surface area (Å²) in [4.78, 5) is 28.1. The molecule has 2 amide bonds. The Morgan fingerprint density at radius 2 is 2.08 bits per heavy atom. The quantitative estimate of drug-likeness (QED) is 0.882. The SMILES string of the molecule is O=C(Cc1cccc(C(F)(F)F)c1)N1CCCC(N2CCNCC2=O)C1. The number of piperidine rings is 1. The molecule has 1 N–H and O–H groups in total. The normalized spacial score (nSPS) is 21.8. The number of hydrogen-bond donors (Lipinski definition) is 1. The maximum absolute atomic E-state index is 12.8. The Hall–Kier alpha value is -2.09. The minimum Gasteiger partial charge on any atom is -0.340 e. The second-order valence-corrected chi connectivity index (χ2v) is 6.77. The van der Waals surface area contributed by atoms with E-state index in [-0.39, 0.29) is 24.3 Å². The molecule has 1 aromatic carbocycles. The molecule has 8 heteroatoms. The van der Waals surface area contributed by atoms with Crippen LogP contribution in [0.2, 0.25) is 0 Å². The Balaban J connectivity index is 1.63. The van der Waals surface area contributed by atoms with Crippen LogP contribution >= 0.6 is 0 Å². The first kappa shape index (κ1) is 18.7. The van der Waals surface area contributed by atoms with Gasteiger partial charge in [-0.05, 0) is 24.5 Å². The number of likely N-dealkylation sites (tertiary alicyclic amines) is 1. The van der Waals surface area contributed by atoms with E-state index in [0.717, 1.165) is 31.5 Å². The number of alkyl halides is 3. The number of piperazine rings is 1. The van der Waals surface area contributed by atoms with Crippen LogP contribution in [-0.4, -0.2) is 60.4 Å². The van der Waals surface area contributed by atoms with Crippen LogP contribution in [0.5, 0.6) is 0 Å². The number of benzene rings is 1. The van der Waals surface area contributed by atoms with Crippen molar-refractivity contribution in [2.45, 2.75) is 31.5 Å². The fraction of sp³-hybridized carbons (Fsp3) is 0.556. The van der Waals surface area contributed by atoms with Crippen molar-refractivity contribution in [3.8, 4) is 0 Å². The van der Waals surface area contributed by atoms with E-state index < -0.39 is 11.7 Å². The third kappa shape index (κ3) is 4.35. The minimum atomic E-state index is -4.42. The van der Waals surface area contributed by atoms with Gasteiger partial charge in [0.1, 0.15) is 0 Å². The smallest absolute Gasteiger partial charge is 0.340 e. The molecule has 26 heavy (non-hydrogen) atoms. The summed E-state index contributed by atoms with van der Waals surface area (Å²) in [6.45, 7) is 2.70. The zero-order chi connectivity index (χ0) is 18.7. The van der Waals surface area contributed by atoms with E-state index >= 15 is 0 Å². The number of hydrogen-bond acceptors (Lipinski definition) is 3. The number of halogens is 3. The lowest BCUT2D eigenvalue weighted by Gasteiger charge is -2.41. The number of carbonyl (C=O) groups is 2. The van der Waals surface area contributed by atoms with Crippen LogP contribution in [0.3, 0.4) is 0 Å². The van der Waals surface area contributed by atoms with Gasteiger partial charge in [0.2, 0.25) is 11.8 Å². The number of nitrogens with zero attached hydrogens (tertiary/aromatic N) is 2. The molecule has 3 rings (SSSR count). The van der Waals surface area contributed by atoms with E-state index in [1.54, 1.807) is 4.90 Å². The molecule has 2 fully saturated rings. The molecular weight excluding hydrogens is 347 g/mol. The van der Waals surface area contributed by atoms with E-state index in [4.69, 9.17) is 0 Å². The van der Waals surface area contributed by atoms with E-state index in [1.807, 2.05) is 4.90 Å². The molecule has 0 bridgehead atoms. The Labute approximate surface area is 150 Å². The van der Waals surface area contributed by atoms with Crippen LogP contribution in [0.1, 0.15) is 24.0 Å². The Morgan fingerprint density at radius 3 is 2.81 bits per heavy atom. The van der Waals surface area contributed by atoms with Gasteiger partial charge >= 0.3 is 6.18 Å². The number of nitrogens with one attached hydrogen (secondary N) is 1. The molecule has 2 saturated heterocycles. The molecule has 2 heterocycles. The summed E-state index contributed by atoms with van der Waals surface area (Å²) in [7, 11) is 0. The molecule has 1 aromatic rings. The van der Waals surface area contributed by atoms with Crippen molar-refractivity contribution in [3.63, 3.8) is 0 Å². The first-order chi connectivity index (χ1) is 12.3. The maximum atomic E-state index is 12.8. The number of rotatable bonds is 3. The predicted octanol–water partition coefficient (Wildman–Crippen LogP) is 1.67. The van der Waals surface area contributed by atoms with Crippen LogP contribution in [0.15, 0.2) is 24.3 Å². The summed E-state index contributed by atoms with van der Waals surface area (Å²) in [5.41, 5.74) is -0.393. The largest absolute Gasteiger partial charge is 0.416 e. The minimum absolute atomic E-state index is 0.0104. The predicted molar refractivity (Wildman–Crippen MR) is 89.3 cm³/mol. The highest BCUT2D eigenvalue weighted by Gasteiger charge is 2.32. The Bertz CT molecular complexity index is 678. The average molecular weight is 369 g/mol. The van der Waals surface area contributed by atoms with Gasteiger partial charge in [0.25, 0.3) is 0 Å². The second kappa shape index (κ2) is 7.65. The highest BCUT2D eigenvalue weighted by atomic mass is 19.4. The van der Waals surface area contributed by atoms with Gasteiger partial charge in [-0.3, -0.25) is 9.59 Å². The molecule has 2 aliphatic rings. The van der Waals surface area contributed by atoms with Crippen molar-refractivity contribution >= 4 is 11.8 Å². The molecule has 0 saturated carbocycles. The van der Waals surface area contributed by atoms with Crippen molar-refractivity contribution < 1.29 is 22.8 Å². The summed E-state index contributed by atoms with van der Waals surface area (Å²) < 4.78 is 38.4. The van der Waals surface area contributed by atoms with Gasteiger partial charge in [0, 0.05) is 32.2 Å². The molecule has 1 unspecified atom stereocenters. The maximum Gasteiger partial charge on any atom is 0.416 e. The molecule has 0 aromatic heterocycles. The standard InChI is InChI=1S/C18H22F3N3O2/c19-18(20,21)14-4-1-3-13(9-14)10-16(25)23-7-2-5-15(12-23)24-8-6-22-11-17(24)26/h1,3-4,9,15,22H,2,5-8,10-12H2. The molecule has 1 atom stereocenters. The Morgan fingerprint density at radius 1 is 1.27 bits per heavy atom. The van der Waals surface area contributed by atoms with E-state index in [1.165, 1.54) is 12.1 Å². The van der Waals surface area contributed by atoms with Gasteiger partial charge in [0.05, 0.1) is 18.5 Å². The van der Waals surface area contributed by atoms with Crippen LogP contribution in [0.25, 0.3) is 0 Å². The third-order valence-electron chi connectivity index (χ3n) is 4.93. The fourth-order valence-corrected chi connectivity index (χ4v) is 3.59. The van der Waals surface area contributed by atoms with Gasteiger partial charge in [-0.25, -0.2) is 0 Å². The highest BCUT2D eigenvalue weighted by molar-refractivity contribution is 5.80. The van der Waals surface area contributed by atoms with E-state index in [9.17, 15) is 22.8 Å². The van der Waals surface area contributed by atoms with Crippen molar-refractivity contribution in [2.24, 2.45) is 0 Å². The second-order valence-electron chi connectivity index (χ2n) is 6.77. The van der Waals surface area contributed by atoms with E-state index in [0.29, 0.717) is 31.7 Å². The van der Waals surface area contributed by atoms with Gasteiger partial charge < -0.3 is 15.1 Å². The summed E-state index contributed by atoms with van der Waals surface area (Å²) in [5, 5.41) is 3.02. The molecule has 5 nitrogen and oxygen atoms in total. The van der Waals surface area contributed by atoms with Crippen LogP contribution in [0.4, 0.5) is 13.2 Å². The number of amides is 2. The third-order valence-corrected chi connectivity index (χ3v) is 4.93. The summed E-state index contributed by atoms with van der Waals surface area (Å²) >= 11 is 0. The lowest BCUT2D eigenvalue weighted by molar-refractivity contribution is -0.140. The summed E-state index contributed by atoms with van der Waals surface area (Å²) in [6, 6.07) is 4.88. The fourth-order valence-electron chi connectivity index (χ4n) is 3.59. The summed E-state index contributed by atoms with van der Waals surface area (Å²) in [5.74, 6) is -0.162. The van der Waals surface area contributed by atoms with Gasteiger partial charge in [-0.2, -0.15) is 13.2 Å². The Kier molecular flexibility index (Phi) is 5.50. The lowest BCUT2D eigenvalue weighted by atomic mass is 10.0. The first-order valence-electron chi connectivity index (χ1n) is 8.78. The van der Waals surface area contributed by atoms with Crippen LogP contribution in [-0.2, 0) is 22.2 Å². The van der Waals surface area contributed by atoms with E-state index in [2.05, 4.69) is 5.32 Å². The van der Waals surface area contributed by atoms with Gasteiger partial charge in [-0.1, -0.05) is 18.2 Å². The molecular formula is C18H22F3N3O2. The van der Waals surface area contributed by atoms with Gasteiger partial charge in [-0.15, -0.1) is 0 Å². The molecule has 2 aliphatic heterocycles. The number of carbonyl (C=O) groups excluding carboxylic acids is 2. The van der Waals surface area contributed by atoms with Crippen molar-refractivity contribution in [2.75, 3.05) is 32.7 Å². The molecule has 0 aliphatic carbocycles. The zero-order valence-electron chi connectivity index (χ0n) is 14.4.